The van der Waals surface area contributed by atoms with Gasteiger partial charge in [-0.3, -0.25) is 0 Å². The number of nitrogens with zero attached hydrogens (tertiary/aromatic N) is 4. The third-order valence-electron chi connectivity index (χ3n) is 2.68. The smallest absolute Gasteiger partial charge is 0.326 e. The number of alkyl halides is 3. The van der Waals surface area contributed by atoms with Crippen molar-refractivity contribution in [3.8, 4) is 0 Å². The van der Waals surface area contributed by atoms with E-state index in [0.717, 1.165) is 0 Å². The Hall–Kier alpha value is -1.15. The molecule has 0 aromatic carbocycles. The van der Waals surface area contributed by atoms with Crippen molar-refractivity contribution in [2.45, 2.75) is 45.8 Å². The Labute approximate surface area is 146 Å². The summed E-state index contributed by atoms with van der Waals surface area (Å²) in [5.41, 5.74) is 0. The molecule has 0 bridgehead atoms. The molecule has 0 saturated heterocycles. The first-order chi connectivity index (χ1) is 10.8. The molecule has 0 saturated carbocycles. The van der Waals surface area contributed by atoms with Crippen molar-refractivity contribution in [3.63, 3.8) is 0 Å². The van der Waals surface area contributed by atoms with Crippen molar-refractivity contribution in [2.75, 3.05) is 0 Å². The van der Waals surface area contributed by atoms with E-state index in [9.17, 15) is 13.2 Å². The van der Waals surface area contributed by atoms with Gasteiger partial charge in [0.05, 0.1) is 11.6 Å². The minimum atomic E-state index is -4.14. The Bertz CT molecular complexity index is 599. The van der Waals surface area contributed by atoms with E-state index >= 15 is 0 Å². The van der Waals surface area contributed by atoms with Gasteiger partial charge in [0.2, 0.25) is 0 Å². The Morgan fingerprint density at radius 1 is 1.22 bits per heavy atom. The van der Waals surface area contributed by atoms with E-state index in [2.05, 4.69) is 30.9 Å². The maximum absolute atomic E-state index is 12.2. The molecule has 0 fully saturated rings. The summed E-state index contributed by atoms with van der Waals surface area (Å²) in [6.45, 7) is 4.33. The van der Waals surface area contributed by atoms with Crippen LogP contribution in [0.25, 0.3) is 0 Å². The first kappa shape index (κ1) is 19.9. The molecule has 0 aliphatic heterocycles. The number of aromatic nitrogens is 4. The second-order valence-corrected chi connectivity index (χ2v) is 5.64. The largest absolute Gasteiger partial charge is 0.389 e. The number of halogens is 5. The molecular weight excluding hydrogens is 397 g/mol. The molecule has 0 spiro atoms. The normalized spacial score (nSPS) is 11.1. The standard InChI is InChI=1S/C12H11BrClF3N4.C2H6/c13-9-6-21(7-10-18-4-8(14)5-19-10)11(20-9)2-1-3-12(15,16)17;1-2/h4-6H,1-3,7H2;1-2H3. The van der Waals surface area contributed by atoms with E-state index in [-0.39, 0.29) is 12.8 Å². The molecule has 0 radical (unpaired) electrons. The van der Waals surface area contributed by atoms with Crippen LogP contribution in [-0.2, 0) is 13.0 Å². The Morgan fingerprint density at radius 2 is 1.83 bits per heavy atom. The number of hydrogen-bond donors (Lipinski definition) is 0. The average molecular weight is 414 g/mol. The van der Waals surface area contributed by atoms with Crippen LogP contribution in [0.1, 0.15) is 38.3 Å². The number of aryl methyl sites for hydroxylation is 1. The fourth-order valence-corrected chi connectivity index (χ4v) is 2.33. The minimum Gasteiger partial charge on any atom is -0.326 e. The van der Waals surface area contributed by atoms with Gasteiger partial charge in [-0.15, -0.1) is 0 Å². The number of hydrogen-bond acceptors (Lipinski definition) is 3. The zero-order chi connectivity index (χ0) is 17.5. The fraction of sp³-hybridized carbons (Fsp3) is 0.500. The third kappa shape index (κ3) is 7.30. The van der Waals surface area contributed by atoms with Crippen LogP contribution in [0.4, 0.5) is 13.2 Å². The van der Waals surface area contributed by atoms with Crippen molar-refractivity contribution >= 4 is 27.5 Å². The summed E-state index contributed by atoms with van der Waals surface area (Å²) in [5, 5.41) is 0.427. The van der Waals surface area contributed by atoms with Crippen LogP contribution in [-0.4, -0.2) is 25.7 Å². The van der Waals surface area contributed by atoms with Gasteiger partial charge in [0.1, 0.15) is 16.3 Å². The molecule has 0 aliphatic rings. The lowest BCUT2D eigenvalue weighted by Crippen LogP contribution is -2.10. The third-order valence-corrected chi connectivity index (χ3v) is 3.25. The lowest BCUT2D eigenvalue weighted by Gasteiger charge is -2.08. The second kappa shape index (κ2) is 9.22. The Morgan fingerprint density at radius 3 is 2.39 bits per heavy atom. The minimum absolute atomic E-state index is 0.00553. The van der Waals surface area contributed by atoms with Gasteiger partial charge in [-0.25, -0.2) is 15.0 Å². The molecule has 0 N–H and O–H groups in total. The SMILES string of the molecule is CC.FC(F)(F)CCCc1nc(Br)cn1Cc1ncc(Cl)cn1. The predicted molar refractivity (Wildman–Crippen MR) is 86.4 cm³/mol. The molecule has 0 aliphatic carbocycles. The van der Waals surface area contributed by atoms with E-state index < -0.39 is 12.6 Å². The molecule has 128 valence electrons. The van der Waals surface area contributed by atoms with Crippen molar-refractivity contribution in [3.05, 3.63) is 39.9 Å². The van der Waals surface area contributed by atoms with Crippen LogP contribution in [0.2, 0.25) is 5.02 Å². The van der Waals surface area contributed by atoms with E-state index in [1.165, 1.54) is 12.4 Å². The average Bonchev–Trinajstić information content (AvgIpc) is 2.82. The van der Waals surface area contributed by atoms with Crippen LogP contribution >= 0.6 is 27.5 Å². The van der Waals surface area contributed by atoms with Gasteiger partial charge >= 0.3 is 6.18 Å². The summed E-state index contributed by atoms with van der Waals surface area (Å²) < 4.78 is 38.8. The highest BCUT2D eigenvalue weighted by atomic mass is 79.9. The molecule has 0 amide bonds. The molecule has 2 heterocycles. The van der Waals surface area contributed by atoms with Crippen LogP contribution in [0.5, 0.6) is 0 Å². The molecule has 2 aromatic heterocycles. The highest BCUT2D eigenvalue weighted by molar-refractivity contribution is 9.10. The molecule has 23 heavy (non-hydrogen) atoms. The van der Waals surface area contributed by atoms with Crippen LogP contribution in [0.15, 0.2) is 23.2 Å². The summed E-state index contributed by atoms with van der Waals surface area (Å²) in [4.78, 5) is 12.3. The van der Waals surface area contributed by atoms with Crippen molar-refractivity contribution in [1.82, 2.24) is 19.5 Å². The zero-order valence-electron chi connectivity index (χ0n) is 12.7. The summed E-state index contributed by atoms with van der Waals surface area (Å²) in [6.07, 6.45) is -0.102. The van der Waals surface area contributed by atoms with Crippen LogP contribution in [0, 0.1) is 0 Å². The van der Waals surface area contributed by atoms with Gasteiger partial charge in [0.15, 0.2) is 0 Å². The van der Waals surface area contributed by atoms with E-state index in [4.69, 9.17) is 11.6 Å². The summed E-state index contributed by atoms with van der Waals surface area (Å²) in [7, 11) is 0. The van der Waals surface area contributed by atoms with Crippen LogP contribution in [0.3, 0.4) is 0 Å². The van der Waals surface area contributed by atoms with Crippen molar-refractivity contribution < 1.29 is 13.2 Å². The van der Waals surface area contributed by atoms with Gasteiger partial charge in [-0.1, -0.05) is 25.4 Å². The van der Waals surface area contributed by atoms with Gasteiger partial charge in [0, 0.05) is 31.4 Å². The Kier molecular flexibility index (Phi) is 7.98. The highest BCUT2D eigenvalue weighted by Crippen LogP contribution is 2.23. The first-order valence-electron chi connectivity index (χ1n) is 7.08. The summed E-state index contributed by atoms with van der Waals surface area (Å²) in [6, 6.07) is 0. The predicted octanol–water partition coefficient (Wildman–Crippen LogP) is 5.05. The zero-order valence-corrected chi connectivity index (χ0v) is 15.1. The lowest BCUT2D eigenvalue weighted by molar-refractivity contribution is -0.135. The Balaban J connectivity index is 0.00000127. The van der Waals surface area contributed by atoms with Gasteiger partial charge in [-0.05, 0) is 22.4 Å². The topological polar surface area (TPSA) is 43.6 Å². The maximum Gasteiger partial charge on any atom is 0.389 e. The molecular formula is C14H17BrClF3N4. The van der Waals surface area contributed by atoms with E-state index in [0.29, 0.717) is 27.8 Å². The first-order valence-corrected chi connectivity index (χ1v) is 8.25. The monoisotopic (exact) mass is 412 g/mol. The van der Waals surface area contributed by atoms with Gasteiger partial charge in [-0.2, -0.15) is 13.2 Å². The molecule has 4 nitrogen and oxygen atoms in total. The fourth-order valence-electron chi connectivity index (χ4n) is 1.78. The number of imidazole rings is 1. The van der Waals surface area contributed by atoms with Crippen molar-refractivity contribution in [2.24, 2.45) is 0 Å². The molecule has 0 atom stereocenters. The highest BCUT2D eigenvalue weighted by Gasteiger charge is 2.26. The molecule has 2 aromatic rings. The molecule has 0 unspecified atom stereocenters. The van der Waals surface area contributed by atoms with Crippen LogP contribution < -0.4 is 0 Å². The summed E-state index contributed by atoms with van der Waals surface area (Å²) in [5.74, 6) is 1.08. The maximum atomic E-state index is 12.2. The molecule has 2 rings (SSSR count). The van der Waals surface area contributed by atoms with Gasteiger partial charge < -0.3 is 4.57 Å². The number of rotatable bonds is 5. The quantitative estimate of drug-likeness (QED) is 0.689. The molecule has 9 heteroatoms. The second-order valence-electron chi connectivity index (χ2n) is 4.39. The summed E-state index contributed by atoms with van der Waals surface area (Å²) >= 11 is 8.93. The van der Waals surface area contributed by atoms with Gasteiger partial charge in [0.25, 0.3) is 0 Å². The van der Waals surface area contributed by atoms with E-state index in [1.54, 1.807) is 10.8 Å². The van der Waals surface area contributed by atoms with Crippen molar-refractivity contribution in [1.29, 1.82) is 0 Å². The van der Waals surface area contributed by atoms with E-state index in [1.807, 2.05) is 13.8 Å². The lowest BCUT2D eigenvalue weighted by atomic mass is 10.2.